The summed E-state index contributed by atoms with van der Waals surface area (Å²) in [5.74, 6) is 1.57. The SMILES string of the molecule is C[C@H]1CS(=O)(=O)CCN1Cc1ncc(-c2ccccc2Cl)o1. The van der Waals surface area contributed by atoms with Crippen LogP contribution in [0.1, 0.15) is 12.8 Å². The van der Waals surface area contributed by atoms with Gasteiger partial charge in [0.1, 0.15) is 0 Å². The van der Waals surface area contributed by atoms with E-state index in [2.05, 4.69) is 9.88 Å². The van der Waals surface area contributed by atoms with Gasteiger partial charge in [-0.1, -0.05) is 23.7 Å². The number of sulfone groups is 1. The first-order chi connectivity index (χ1) is 10.4. The molecule has 2 aromatic rings. The zero-order valence-corrected chi connectivity index (χ0v) is 13.8. The molecule has 1 aromatic heterocycles. The Hall–Kier alpha value is -1.37. The van der Waals surface area contributed by atoms with Crippen molar-refractivity contribution in [3.8, 4) is 11.3 Å². The predicted molar refractivity (Wildman–Crippen MR) is 85.5 cm³/mol. The van der Waals surface area contributed by atoms with E-state index in [0.717, 1.165) is 5.56 Å². The van der Waals surface area contributed by atoms with Crippen LogP contribution in [0.2, 0.25) is 5.02 Å². The second kappa shape index (κ2) is 6.02. The minimum Gasteiger partial charge on any atom is -0.439 e. The number of hydrogen-bond acceptors (Lipinski definition) is 5. The highest BCUT2D eigenvalue weighted by molar-refractivity contribution is 7.91. The largest absolute Gasteiger partial charge is 0.439 e. The van der Waals surface area contributed by atoms with Gasteiger partial charge in [0, 0.05) is 18.2 Å². The van der Waals surface area contributed by atoms with Crippen LogP contribution < -0.4 is 0 Å². The third kappa shape index (κ3) is 3.34. The van der Waals surface area contributed by atoms with Crippen LogP contribution in [0.5, 0.6) is 0 Å². The summed E-state index contributed by atoms with van der Waals surface area (Å²) >= 11 is 6.15. The molecule has 7 heteroatoms. The van der Waals surface area contributed by atoms with E-state index in [9.17, 15) is 8.42 Å². The first-order valence-electron chi connectivity index (χ1n) is 7.09. The Kier molecular flexibility index (Phi) is 4.25. The van der Waals surface area contributed by atoms with E-state index in [1.165, 1.54) is 0 Å². The van der Waals surface area contributed by atoms with E-state index in [0.29, 0.717) is 29.8 Å². The Labute approximate surface area is 134 Å². The lowest BCUT2D eigenvalue weighted by Gasteiger charge is -2.31. The fraction of sp³-hybridized carbons (Fsp3) is 0.400. The topological polar surface area (TPSA) is 63.4 Å². The summed E-state index contributed by atoms with van der Waals surface area (Å²) in [4.78, 5) is 6.35. The molecule has 0 radical (unpaired) electrons. The molecule has 1 saturated heterocycles. The average Bonchev–Trinajstić information content (AvgIpc) is 2.90. The lowest BCUT2D eigenvalue weighted by atomic mass is 10.2. The van der Waals surface area contributed by atoms with Crippen molar-refractivity contribution in [3.05, 3.63) is 41.4 Å². The van der Waals surface area contributed by atoms with Crippen molar-refractivity contribution in [2.24, 2.45) is 0 Å². The van der Waals surface area contributed by atoms with E-state index in [1.807, 2.05) is 25.1 Å². The zero-order valence-electron chi connectivity index (χ0n) is 12.2. The monoisotopic (exact) mass is 340 g/mol. The van der Waals surface area contributed by atoms with Gasteiger partial charge in [-0.25, -0.2) is 13.4 Å². The van der Waals surface area contributed by atoms with Gasteiger partial charge in [-0.05, 0) is 19.1 Å². The summed E-state index contributed by atoms with van der Waals surface area (Å²) < 4.78 is 29.0. The van der Waals surface area contributed by atoms with Crippen LogP contribution in [0.25, 0.3) is 11.3 Å². The molecule has 0 amide bonds. The van der Waals surface area contributed by atoms with Gasteiger partial charge in [-0.15, -0.1) is 0 Å². The van der Waals surface area contributed by atoms with Crippen molar-refractivity contribution in [3.63, 3.8) is 0 Å². The summed E-state index contributed by atoms with van der Waals surface area (Å²) in [6.07, 6.45) is 1.65. The molecule has 0 bridgehead atoms. The number of rotatable bonds is 3. The van der Waals surface area contributed by atoms with Gasteiger partial charge in [0.15, 0.2) is 15.6 Å². The van der Waals surface area contributed by atoms with Crippen LogP contribution in [-0.2, 0) is 16.4 Å². The van der Waals surface area contributed by atoms with Gasteiger partial charge in [0.25, 0.3) is 0 Å². The van der Waals surface area contributed by atoms with E-state index in [4.69, 9.17) is 16.0 Å². The summed E-state index contributed by atoms with van der Waals surface area (Å²) in [5.41, 5.74) is 0.803. The molecule has 1 fully saturated rings. The standard InChI is InChI=1S/C15H17ClN2O3S/c1-11-10-22(19,20)7-6-18(11)9-15-17-8-14(21-15)12-4-2-3-5-13(12)16/h2-5,8,11H,6-7,9-10H2,1H3/t11-/m0/s1. The van der Waals surface area contributed by atoms with Crippen molar-refractivity contribution in [1.82, 2.24) is 9.88 Å². The summed E-state index contributed by atoms with van der Waals surface area (Å²) in [7, 11) is -2.91. The maximum absolute atomic E-state index is 11.6. The van der Waals surface area contributed by atoms with E-state index in [1.54, 1.807) is 12.3 Å². The van der Waals surface area contributed by atoms with Crippen LogP contribution in [-0.4, -0.2) is 42.4 Å². The number of halogens is 1. The normalized spacial score (nSPS) is 21.8. The molecule has 3 rings (SSSR count). The van der Waals surface area contributed by atoms with Gasteiger partial charge in [0.05, 0.1) is 29.3 Å². The first kappa shape index (κ1) is 15.5. The Morgan fingerprint density at radius 1 is 1.41 bits per heavy atom. The van der Waals surface area contributed by atoms with Crippen molar-refractivity contribution in [2.75, 3.05) is 18.1 Å². The molecule has 1 aliphatic heterocycles. The second-order valence-corrected chi connectivity index (χ2v) is 8.17. The molecule has 0 spiro atoms. The number of benzene rings is 1. The van der Waals surface area contributed by atoms with E-state index >= 15 is 0 Å². The molecule has 1 aromatic carbocycles. The fourth-order valence-electron chi connectivity index (χ4n) is 2.61. The molecule has 0 saturated carbocycles. The quantitative estimate of drug-likeness (QED) is 0.859. The van der Waals surface area contributed by atoms with Gasteiger partial charge in [-0.2, -0.15) is 0 Å². The molecule has 0 aliphatic carbocycles. The molecular weight excluding hydrogens is 324 g/mol. The summed E-state index contributed by atoms with van der Waals surface area (Å²) in [6, 6.07) is 7.40. The molecule has 0 unspecified atom stereocenters. The van der Waals surface area contributed by atoms with Crippen LogP contribution >= 0.6 is 11.6 Å². The third-order valence-electron chi connectivity index (χ3n) is 3.84. The maximum atomic E-state index is 11.6. The minimum atomic E-state index is -2.91. The van der Waals surface area contributed by atoms with Crippen LogP contribution in [0.15, 0.2) is 34.9 Å². The molecule has 0 N–H and O–H groups in total. The van der Waals surface area contributed by atoms with Gasteiger partial charge >= 0.3 is 0 Å². The average molecular weight is 341 g/mol. The van der Waals surface area contributed by atoms with Gasteiger partial charge in [-0.3, -0.25) is 4.90 Å². The molecule has 5 nitrogen and oxygen atoms in total. The Bertz CT molecular complexity index is 773. The predicted octanol–water partition coefficient (Wildman–Crippen LogP) is 2.61. The van der Waals surface area contributed by atoms with Crippen molar-refractivity contribution in [1.29, 1.82) is 0 Å². The van der Waals surface area contributed by atoms with Crippen LogP contribution in [0, 0.1) is 0 Å². The summed E-state index contributed by atoms with van der Waals surface area (Å²) in [5, 5.41) is 0.614. The van der Waals surface area contributed by atoms with Crippen molar-refractivity contribution >= 4 is 21.4 Å². The Morgan fingerprint density at radius 2 is 2.18 bits per heavy atom. The molecular formula is C15H17ClN2O3S. The van der Waals surface area contributed by atoms with Gasteiger partial charge < -0.3 is 4.42 Å². The molecule has 1 aliphatic rings. The van der Waals surface area contributed by atoms with Crippen LogP contribution in [0.4, 0.5) is 0 Å². The smallest absolute Gasteiger partial charge is 0.209 e. The number of aromatic nitrogens is 1. The highest BCUT2D eigenvalue weighted by Gasteiger charge is 2.29. The lowest BCUT2D eigenvalue weighted by molar-refractivity contribution is 0.198. The summed E-state index contributed by atoms with van der Waals surface area (Å²) in [6.45, 7) is 2.92. The Balaban J connectivity index is 1.74. The highest BCUT2D eigenvalue weighted by Crippen LogP contribution is 2.28. The fourth-order valence-corrected chi connectivity index (χ4v) is 4.46. The van der Waals surface area contributed by atoms with Gasteiger partial charge in [0.2, 0.25) is 5.89 Å². The number of nitrogens with zero attached hydrogens (tertiary/aromatic N) is 2. The highest BCUT2D eigenvalue weighted by atomic mass is 35.5. The lowest BCUT2D eigenvalue weighted by Crippen LogP contribution is -2.46. The molecule has 2 heterocycles. The van der Waals surface area contributed by atoms with E-state index < -0.39 is 9.84 Å². The van der Waals surface area contributed by atoms with Crippen LogP contribution in [0.3, 0.4) is 0 Å². The number of oxazole rings is 1. The Morgan fingerprint density at radius 3 is 2.91 bits per heavy atom. The molecule has 22 heavy (non-hydrogen) atoms. The number of hydrogen-bond donors (Lipinski definition) is 0. The van der Waals surface area contributed by atoms with Crippen molar-refractivity contribution in [2.45, 2.75) is 19.5 Å². The minimum absolute atomic E-state index is 0.0330. The molecule has 118 valence electrons. The second-order valence-electron chi connectivity index (χ2n) is 5.53. The third-order valence-corrected chi connectivity index (χ3v) is 5.96. The molecule has 1 atom stereocenters. The maximum Gasteiger partial charge on any atom is 0.209 e. The first-order valence-corrected chi connectivity index (χ1v) is 9.28. The van der Waals surface area contributed by atoms with E-state index in [-0.39, 0.29) is 17.5 Å². The zero-order chi connectivity index (χ0) is 15.7. The van der Waals surface area contributed by atoms with Crippen molar-refractivity contribution < 1.29 is 12.8 Å².